The van der Waals surface area contributed by atoms with Crippen LogP contribution in [0, 0.1) is 0 Å². The zero-order valence-electron chi connectivity index (χ0n) is 9.86. The van der Waals surface area contributed by atoms with E-state index in [-0.39, 0.29) is 5.78 Å². The largest absolute Gasteiger partial charge is 0.494 e. The van der Waals surface area contributed by atoms with Crippen LogP contribution in [0.15, 0.2) is 30.5 Å². The summed E-state index contributed by atoms with van der Waals surface area (Å²) in [7, 11) is 0. The second-order valence-corrected chi connectivity index (χ2v) is 3.66. The van der Waals surface area contributed by atoms with Crippen LogP contribution in [0.5, 0.6) is 5.75 Å². The number of ether oxygens (including phenoxy) is 1. The van der Waals surface area contributed by atoms with Crippen molar-refractivity contribution in [2.75, 3.05) is 6.61 Å². The Kier molecular flexibility index (Phi) is 3.23. The van der Waals surface area contributed by atoms with E-state index in [1.165, 1.54) is 6.92 Å². The van der Waals surface area contributed by atoms with Crippen molar-refractivity contribution in [1.29, 1.82) is 0 Å². The van der Waals surface area contributed by atoms with Crippen molar-refractivity contribution in [3.63, 3.8) is 0 Å². The van der Waals surface area contributed by atoms with E-state index in [1.807, 2.05) is 31.2 Å². The van der Waals surface area contributed by atoms with Gasteiger partial charge in [-0.2, -0.15) is 0 Å². The Hall–Kier alpha value is -2.10. The number of hydrogen-bond acceptors (Lipinski definition) is 3. The highest BCUT2D eigenvalue weighted by atomic mass is 16.5. The number of ketones is 1. The van der Waals surface area contributed by atoms with Crippen LogP contribution >= 0.6 is 0 Å². The number of carbonyl (C=O) groups is 1. The van der Waals surface area contributed by atoms with E-state index in [4.69, 9.17) is 4.74 Å². The number of aromatic amines is 1. The lowest BCUT2D eigenvalue weighted by atomic mass is 10.2. The Labute approximate surface area is 99.7 Å². The van der Waals surface area contributed by atoms with E-state index in [0.29, 0.717) is 18.1 Å². The zero-order chi connectivity index (χ0) is 12.3. The minimum atomic E-state index is -0.0234. The molecule has 17 heavy (non-hydrogen) atoms. The van der Waals surface area contributed by atoms with Gasteiger partial charge in [0.2, 0.25) is 0 Å². The maximum absolute atomic E-state index is 11.2. The second-order valence-electron chi connectivity index (χ2n) is 3.66. The van der Waals surface area contributed by atoms with E-state index < -0.39 is 0 Å². The van der Waals surface area contributed by atoms with Gasteiger partial charge in [0.1, 0.15) is 17.3 Å². The number of benzene rings is 1. The Morgan fingerprint density at radius 2 is 2.29 bits per heavy atom. The van der Waals surface area contributed by atoms with Gasteiger partial charge in [-0.15, -0.1) is 0 Å². The van der Waals surface area contributed by atoms with E-state index in [0.717, 1.165) is 11.3 Å². The van der Waals surface area contributed by atoms with Crippen molar-refractivity contribution in [3.8, 4) is 17.1 Å². The summed E-state index contributed by atoms with van der Waals surface area (Å²) in [5, 5.41) is 0. The average molecular weight is 230 g/mol. The fourth-order valence-corrected chi connectivity index (χ4v) is 1.55. The number of hydrogen-bond donors (Lipinski definition) is 1. The molecule has 0 amide bonds. The summed E-state index contributed by atoms with van der Waals surface area (Å²) in [5.74, 6) is 1.45. The topological polar surface area (TPSA) is 55.0 Å². The van der Waals surface area contributed by atoms with Crippen LogP contribution in [0.25, 0.3) is 11.4 Å². The van der Waals surface area contributed by atoms with Crippen LogP contribution in [0.1, 0.15) is 24.3 Å². The molecule has 2 rings (SSSR count). The highest BCUT2D eigenvalue weighted by Gasteiger charge is 2.07. The molecule has 88 valence electrons. The van der Waals surface area contributed by atoms with Gasteiger partial charge in [-0.3, -0.25) is 4.79 Å². The Morgan fingerprint density at radius 1 is 1.47 bits per heavy atom. The van der Waals surface area contributed by atoms with Crippen LogP contribution in [-0.2, 0) is 0 Å². The molecule has 0 fully saturated rings. The van der Waals surface area contributed by atoms with E-state index in [2.05, 4.69) is 9.97 Å². The van der Waals surface area contributed by atoms with Crippen LogP contribution < -0.4 is 4.74 Å². The molecule has 1 aromatic heterocycles. The summed E-state index contributed by atoms with van der Waals surface area (Å²) in [6.45, 7) is 4.07. The van der Waals surface area contributed by atoms with Gasteiger partial charge in [0.05, 0.1) is 12.8 Å². The van der Waals surface area contributed by atoms with Gasteiger partial charge >= 0.3 is 0 Å². The fourth-order valence-electron chi connectivity index (χ4n) is 1.55. The molecule has 0 saturated carbocycles. The Balaban J connectivity index is 2.31. The maximum Gasteiger partial charge on any atom is 0.177 e. The summed E-state index contributed by atoms with van der Waals surface area (Å²) in [5.41, 5.74) is 1.42. The highest BCUT2D eigenvalue weighted by molar-refractivity contribution is 5.92. The van der Waals surface area contributed by atoms with Crippen LogP contribution in [0.4, 0.5) is 0 Å². The first-order valence-corrected chi connectivity index (χ1v) is 5.50. The molecule has 0 unspecified atom stereocenters. The van der Waals surface area contributed by atoms with Gasteiger partial charge in [-0.05, 0) is 19.1 Å². The number of nitrogens with zero attached hydrogens (tertiary/aromatic N) is 1. The number of imidazole rings is 1. The van der Waals surface area contributed by atoms with E-state index in [1.54, 1.807) is 6.20 Å². The summed E-state index contributed by atoms with van der Waals surface area (Å²) in [6, 6.07) is 7.61. The summed E-state index contributed by atoms with van der Waals surface area (Å²) < 4.78 is 5.41. The molecule has 2 aromatic rings. The maximum atomic E-state index is 11.2. The monoisotopic (exact) mass is 230 g/mol. The molecule has 0 spiro atoms. The minimum absolute atomic E-state index is 0.0234. The lowest BCUT2D eigenvalue weighted by Crippen LogP contribution is -1.92. The predicted molar refractivity (Wildman–Crippen MR) is 65.2 cm³/mol. The van der Waals surface area contributed by atoms with E-state index >= 15 is 0 Å². The molecule has 1 N–H and O–H groups in total. The summed E-state index contributed by atoms with van der Waals surface area (Å²) in [4.78, 5) is 18.3. The number of aromatic nitrogens is 2. The fraction of sp³-hybridized carbons (Fsp3) is 0.231. The SMILES string of the molecule is CCOc1cccc(-c2ncc(C(C)=O)[nH]2)c1. The molecule has 1 aromatic carbocycles. The third-order valence-electron chi connectivity index (χ3n) is 2.37. The van der Waals surface area contributed by atoms with Crippen molar-refractivity contribution in [2.24, 2.45) is 0 Å². The molecule has 1 heterocycles. The van der Waals surface area contributed by atoms with Gasteiger partial charge in [-0.25, -0.2) is 4.98 Å². The van der Waals surface area contributed by atoms with Crippen molar-refractivity contribution >= 4 is 5.78 Å². The molecule has 0 atom stereocenters. The molecule has 0 aliphatic heterocycles. The van der Waals surface area contributed by atoms with E-state index in [9.17, 15) is 4.79 Å². The highest BCUT2D eigenvalue weighted by Crippen LogP contribution is 2.21. The lowest BCUT2D eigenvalue weighted by molar-refractivity contribution is 0.101. The molecule has 0 saturated heterocycles. The molecule has 0 aliphatic carbocycles. The molecule has 0 aliphatic rings. The summed E-state index contributed by atoms with van der Waals surface area (Å²) in [6.07, 6.45) is 1.55. The third kappa shape index (κ3) is 2.53. The van der Waals surface area contributed by atoms with Gasteiger partial charge in [0, 0.05) is 12.5 Å². The first-order chi connectivity index (χ1) is 8.20. The Bertz CT molecular complexity index is 532. The number of H-pyrrole nitrogens is 1. The van der Waals surface area contributed by atoms with Gasteiger partial charge < -0.3 is 9.72 Å². The van der Waals surface area contributed by atoms with Gasteiger partial charge in [0.15, 0.2) is 5.78 Å². The lowest BCUT2D eigenvalue weighted by Gasteiger charge is -2.03. The molecular formula is C13H14N2O2. The van der Waals surface area contributed by atoms with Crippen LogP contribution in [-0.4, -0.2) is 22.4 Å². The zero-order valence-corrected chi connectivity index (χ0v) is 9.86. The van der Waals surface area contributed by atoms with Crippen molar-refractivity contribution in [1.82, 2.24) is 9.97 Å². The van der Waals surface area contributed by atoms with Gasteiger partial charge in [0.25, 0.3) is 0 Å². The molecule has 4 heteroatoms. The normalized spacial score (nSPS) is 10.2. The Morgan fingerprint density at radius 3 is 2.94 bits per heavy atom. The third-order valence-corrected chi connectivity index (χ3v) is 2.37. The summed E-state index contributed by atoms with van der Waals surface area (Å²) >= 11 is 0. The number of Topliss-reactive ketones (excluding diaryl/α,β-unsaturated/α-hetero) is 1. The first-order valence-electron chi connectivity index (χ1n) is 5.50. The molecular weight excluding hydrogens is 216 g/mol. The number of carbonyl (C=O) groups excluding carboxylic acids is 1. The number of nitrogens with one attached hydrogen (secondary N) is 1. The van der Waals surface area contributed by atoms with Crippen LogP contribution in [0.3, 0.4) is 0 Å². The van der Waals surface area contributed by atoms with Crippen molar-refractivity contribution < 1.29 is 9.53 Å². The smallest absolute Gasteiger partial charge is 0.177 e. The minimum Gasteiger partial charge on any atom is -0.494 e. The standard InChI is InChI=1S/C13H14N2O2/c1-3-17-11-6-4-5-10(7-11)13-14-8-12(15-13)9(2)16/h4-8H,3H2,1-2H3,(H,14,15). The second kappa shape index (κ2) is 4.82. The van der Waals surface area contributed by atoms with Crippen LogP contribution in [0.2, 0.25) is 0 Å². The average Bonchev–Trinajstić information content (AvgIpc) is 2.79. The van der Waals surface area contributed by atoms with Crippen molar-refractivity contribution in [3.05, 3.63) is 36.2 Å². The van der Waals surface area contributed by atoms with Crippen molar-refractivity contribution in [2.45, 2.75) is 13.8 Å². The molecule has 0 radical (unpaired) electrons. The number of rotatable bonds is 4. The van der Waals surface area contributed by atoms with Gasteiger partial charge in [-0.1, -0.05) is 12.1 Å². The quantitative estimate of drug-likeness (QED) is 0.821. The molecule has 0 bridgehead atoms. The molecule has 4 nitrogen and oxygen atoms in total. The first kappa shape index (κ1) is 11.4. The predicted octanol–water partition coefficient (Wildman–Crippen LogP) is 2.68.